The van der Waals surface area contributed by atoms with Gasteiger partial charge in [0.1, 0.15) is 5.82 Å². The zero-order valence-corrected chi connectivity index (χ0v) is 17.9. The van der Waals surface area contributed by atoms with Crippen molar-refractivity contribution in [2.24, 2.45) is 0 Å². The average Bonchev–Trinajstić information content (AvgIpc) is 3.29. The van der Waals surface area contributed by atoms with Gasteiger partial charge in [-0.25, -0.2) is 4.39 Å². The number of hydrogen-bond donors (Lipinski definition) is 1. The third-order valence-corrected chi connectivity index (χ3v) is 6.67. The quantitative estimate of drug-likeness (QED) is 0.314. The van der Waals surface area contributed by atoms with E-state index in [9.17, 15) is 14.3 Å². The van der Waals surface area contributed by atoms with E-state index < -0.39 is 5.97 Å². The molecule has 5 rings (SSSR count). The van der Waals surface area contributed by atoms with Crippen molar-refractivity contribution < 1.29 is 14.3 Å². The molecular weight excluding hydrogens is 433 g/mol. The van der Waals surface area contributed by atoms with Gasteiger partial charge in [-0.1, -0.05) is 35.9 Å². The van der Waals surface area contributed by atoms with Gasteiger partial charge in [-0.3, -0.25) is 4.79 Å². The second kappa shape index (κ2) is 7.84. The van der Waals surface area contributed by atoms with Gasteiger partial charge in [0.25, 0.3) is 0 Å². The fourth-order valence-electron chi connectivity index (χ4n) is 4.01. The van der Waals surface area contributed by atoms with Crippen LogP contribution < -0.4 is 0 Å². The molecule has 0 fully saturated rings. The minimum atomic E-state index is -0.874. The van der Waals surface area contributed by atoms with E-state index in [1.165, 1.54) is 12.1 Å². The molecule has 0 unspecified atom stereocenters. The average molecular weight is 450 g/mol. The molecule has 5 aromatic rings. The van der Waals surface area contributed by atoms with Crippen LogP contribution in [0, 0.1) is 5.82 Å². The Morgan fingerprint density at radius 2 is 1.84 bits per heavy atom. The Morgan fingerprint density at radius 1 is 1.00 bits per heavy atom. The molecule has 154 valence electrons. The Kier molecular flexibility index (Phi) is 5.00. The van der Waals surface area contributed by atoms with Gasteiger partial charge in [0, 0.05) is 33.4 Å². The first-order valence-electron chi connectivity index (χ1n) is 9.73. The van der Waals surface area contributed by atoms with Gasteiger partial charge in [-0.15, -0.1) is 11.3 Å². The molecule has 2 aromatic heterocycles. The predicted octanol–water partition coefficient (Wildman–Crippen LogP) is 6.99. The normalized spacial score (nSPS) is 11.4. The number of carbonyl (C=O) groups is 1. The number of fused-ring (bicyclic) bond motifs is 2. The highest BCUT2D eigenvalue weighted by Gasteiger charge is 2.15. The van der Waals surface area contributed by atoms with Crippen LogP contribution in [0.15, 0.2) is 72.2 Å². The van der Waals surface area contributed by atoms with Gasteiger partial charge >= 0.3 is 5.97 Å². The van der Waals surface area contributed by atoms with E-state index in [1.807, 2.05) is 48.7 Å². The second-order valence-corrected chi connectivity index (χ2v) is 8.84. The van der Waals surface area contributed by atoms with E-state index in [4.69, 9.17) is 11.6 Å². The largest absolute Gasteiger partial charge is 0.481 e. The molecule has 0 aliphatic rings. The Bertz CT molecular complexity index is 1450. The van der Waals surface area contributed by atoms with Crippen molar-refractivity contribution in [2.45, 2.75) is 13.0 Å². The molecular formula is C25H17ClFNO2S. The molecule has 2 heterocycles. The van der Waals surface area contributed by atoms with Crippen LogP contribution in [0.4, 0.5) is 4.39 Å². The summed E-state index contributed by atoms with van der Waals surface area (Å²) in [6, 6.07) is 18.2. The highest BCUT2D eigenvalue weighted by atomic mass is 35.5. The standard InChI is InChI=1S/C25H17ClFNO2S/c26-19-5-7-24-22(11-19)18(14-31-24)13-28-12-17(10-25(29)30)21-6-4-16(9-23(21)28)15-2-1-3-20(27)8-15/h1-9,11-12,14H,10,13H2,(H,29,30). The summed E-state index contributed by atoms with van der Waals surface area (Å²) in [5.74, 6) is -1.16. The van der Waals surface area contributed by atoms with Crippen molar-refractivity contribution >= 4 is 49.9 Å². The van der Waals surface area contributed by atoms with Crippen LogP contribution in [-0.2, 0) is 17.8 Å². The van der Waals surface area contributed by atoms with Crippen molar-refractivity contribution in [3.8, 4) is 11.1 Å². The summed E-state index contributed by atoms with van der Waals surface area (Å²) in [6.07, 6.45) is 1.85. The molecule has 0 atom stereocenters. The van der Waals surface area contributed by atoms with Gasteiger partial charge < -0.3 is 9.67 Å². The van der Waals surface area contributed by atoms with E-state index in [0.29, 0.717) is 11.6 Å². The van der Waals surface area contributed by atoms with Crippen molar-refractivity contribution in [3.05, 3.63) is 94.2 Å². The lowest BCUT2D eigenvalue weighted by molar-refractivity contribution is -0.136. The zero-order chi connectivity index (χ0) is 21.5. The van der Waals surface area contributed by atoms with Gasteiger partial charge in [0.05, 0.1) is 6.42 Å². The highest BCUT2D eigenvalue weighted by molar-refractivity contribution is 7.17. The first kappa shape index (κ1) is 19.8. The lowest BCUT2D eigenvalue weighted by atomic mass is 10.0. The molecule has 6 heteroatoms. The lowest BCUT2D eigenvalue weighted by Gasteiger charge is -2.08. The Balaban J connectivity index is 1.65. The molecule has 0 aliphatic carbocycles. The molecule has 0 spiro atoms. The van der Waals surface area contributed by atoms with E-state index in [0.717, 1.165) is 43.2 Å². The maximum atomic E-state index is 13.7. The van der Waals surface area contributed by atoms with Crippen molar-refractivity contribution in [1.82, 2.24) is 4.57 Å². The molecule has 0 amide bonds. The van der Waals surface area contributed by atoms with Crippen molar-refractivity contribution in [3.63, 3.8) is 0 Å². The number of aliphatic carboxylic acids is 1. The van der Waals surface area contributed by atoms with Crippen molar-refractivity contribution in [1.29, 1.82) is 0 Å². The number of benzene rings is 3. The highest BCUT2D eigenvalue weighted by Crippen LogP contribution is 2.32. The molecule has 0 radical (unpaired) electrons. The van der Waals surface area contributed by atoms with Gasteiger partial charge in [-0.05, 0) is 69.4 Å². The number of nitrogens with zero attached hydrogens (tertiary/aromatic N) is 1. The number of carboxylic acids is 1. The Morgan fingerprint density at radius 3 is 2.65 bits per heavy atom. The van der Waals surface area contributed by atoms with Gasteiger partial charge in [0.2, 0.25) is 0 Å². The van der Waals surface area contributed by atoms with Crippen LogP contribution in [0.25, 0.3) is 32.1 Å². The molecule has 0 aliphatic heterocycles. The van der Waals surface area contributed by atoms with Gasteiger partial charge in [0.15, 0.2) is 0 Å². The summed E-state index contributed by atoms with van der Waals surface area (Å²) in [7, 11) is 0. The fourth-order valence-corrected chi connectivity index (χ4v) is 5.12. The molecule has 31 heavy (non-hydrogen) atoms. The first-order valence-corrected chi connectivity index (χ1v) is 11.0. The number of rotatable bonds is 5. The Labute approximate surface area is 186 Å². The van der Waals surface area contributed by atoms with Crippen LogP contribution >= 0.6 is 22.9 Å². The van der Waals surface area contributed by atoms with Crippen LogP contribution in [0.3, 0.4) is 0 Å². The molecule has 0 bridgehead atoms. The number of carboxylic acid groups (broad SMARTS) is 1. The maximum absolute atomic E-state index is 13.7. The van der Waals surface area contributed by atoms with Crippen LogP contribution in [-0.4, -0.2) is 15.6 Å². The number of halogens is 2. The fraction of sp³-hybridized carbons (Fsp3) is 0.0800. The van der Waals surface area contributed by atoms with Crippen LogP contribution in [0.1, 0.15) is 11.1 Å². The number of aromatic nitrogens is 1. The lowest BCUT2D eigenvalue weighted by Crippen LogP contribution is -2.00. The molecule has 3 aromatic carbocycles. The first-order chi connectivity index (χ1) is 15.0. The number of thiophene rings is 1. The van der Waals surface area contributed by atoms with Crippen molar-refractivity contribution in [2.75, 3.05) is 0 Å². The topological polar surface area (TPSA) is 42.2 Å². The molecule has 3 nitrogen and oxygen atoms in total. The van der Waals surface area contributed by atoms with Crippen LogP contribution in [0.2, 0.25) is 5.02 Å². The second-order valence-electron chi connectivity index (χ2n) is 7.50. The van der Waals surface area contributed by atoms with E-state index in [1.54, 1.807) is 17.4 Å². The van der Waals surface area contributed by atoms with Gasteiger partial charge in [-0.2, -0.15) is 0 Å². The van der Waals surface area contributed by atoms with E-state index in [-0.39, 0.29) is 12.2 Å². The third-order valence-electron chi connectivity index (χ3n) is 5.42. The summed E-state index contributed by atoms with van der Waals surface area (Å²) in [6.45, 7) is 0.586. The summed E-state index contributed by atoms with van der Waals surface area (Å²) in [4.78, 5) is 11.4. The predicted molar refractivity (Wildman–Crippen MR) is 125 cm³/mol. The summed E-state index contributed by atoms with van der Waals surface area (Å²) >= 11 is 7.87. The third kappa shape index (κ3) is 3.82. The maximum Gasteiger partial charge on any atom is 0.307 e. The van der Waals surface area contributed by atoms with E-state index >= 15 is 0 Å². The SMILES string of the molecule is O=C(O)Cc1cn(Cc2csc3ccc(Cl)cc23)c2cc(-c3cccc(F)c3)ccc12. The summed E-state index contributed by atoms with van der Waals surface area (Å²) in [5.41, 5.74) is 4.45. The summed E-state index contributed by atoms with van der Waals surface area (Å²) in [5, 5.41) is 14.1. The molecule has 0 saturated carbocycles. The summed E-state index contributed by atoms with van der Waals surface area (Å²) < 4.78 is 17.0. The minimum Gasteiger partial charge on any atom is -0.481 e. The smallest absolute Gasteiger partial charge is 0.307 e. The number of hydrogen-bond acceptors (Lipinski definition) is 2. The molecule has 1 N–H and O–H groups in total. The molecule has 0 saturated heterocycles. The minimum absolute atomic E-state index is 0.0565. The monoisotopic (exact) mass is 449 g/mol. The Hall–Kier alpha value is -3.15. The van der Waals surface area contributed by atoms with E-state index in [2.05, 4.69) is 9.95 Å². The van der Waals surface area contributed by atoms with Crippen LogP contribution in [0.5, 0.6) is 0 Å². The zero-order valence-electron chi connectivity index (χ0n) is 16.3.